The molecule has 1 aromatic rings. The molecule has 3 atom stereocenters. The molecule has 2 aliphatic carbocycles. The van der Waals surface area contributed by atoms with Crippen LogP contribution in [0.2, 0.25) is 0 Å². The van der Waals surface area contributed by atoms with Crippen LogP contribution in [0.3, 0.4) is 0 Å². The molecule has 20 heavy (non-hydrogen) atoms. The minimum absolute atomic E-state index is 0.0856. The van der Waals surface area contributed by atoms with Crippen LogP contribution < -0.4 is 9.46 Å². The number of rotatable bonds is 4. The summed E-state index contributed by atoms with van der Waals surface area (Å²) in [5.41, 5.74) is 0. The maximum absolute atomic E-state index is 12.6. The molecule has 4 nitrogen and oxygen atoms in total. The molecular weight excluding hydrogens is 342 g/mol. The topological polar surface area (TPSA) is 55.4 Å². The third-order valence-corrected chi connectivity index (χ3v) is 6.46. The fourth-order valence-corrected chi connectivity index (χ4v) is 5.54. The van der Waals surface area contributed by atoms with E-state index in [1.807, 2.05) is 0 Å². The molecule has 2 bridgehead atoms. The van der Waals surface area contributed by atoms with Crippen LogP contribution in [0.4, 0.5) is 0 Å². The van der Waals surface area contributed by atoms with Crippen LogP contribution >= 0.6 is 15.9 Å². The predicted octanol–water partition coefficient (Wildman–Crippen LogP) is 2.92. The number of fused-ring (bicyclic) bond motifs is 2. The van der Waals surface area contributed by atoms with Crippen molar-refractivity contribution in [2.24, 2.45) is 11.8 Å². The van der Waals surface area contributed by atoms with Gasteiger partial charge >= 0.3 is 0 Å². The number of nitrogens with one attached hydrogen (secondary N) is 1. The van der Waals surface area contributed by atoms with Crippen molar-refractivity contribution < 1.29 is 13.2 Å². The number of methoxy groups -OCH3 is 1. The largest absolute Gasteiger partial charge is 0.495 e. The molecule has 0 unspecified atom stereocenters. The number of hydrogen-bond acceptors (Lipinski definition) is 3. The van der Waals surface area contributed by atoms with Crippen LogP contribution in [0, 0.1) is 11.8 Å². The summed E-state index contributed by atoms with van der Waals surface area (Å²) in [7, 11) is -2.05. The normalized spacial score (nSPS) is 28.8. The van der Waals surface area contributed by atoms with Crippen LogP contribution in [0.15, 0.2) is 27.6 Å². The molecule has 0 amide bonds. The molecule has 2 aliphatic rings. The summed E-state index contributed by atoms with van der Waals surface area (Å²) in [5.74, 6) is 1.59. The zero-order valence-electron chi connectivity index (χ0n) is 11.3. The van der Waals surface area contributed by atoms with Gasteiger partial charge < -0.3 is 4.74 Å². The molecule has 2 saturated carbocycles. The van der Waals surface area contributed by atoms with Gasteiger partial charge in [-0.05, 0) is 49.3 Å². The standard InChI is InChI=1S/C14H18BrNO3S/c1-19-13-5-4-11(15)8-14(13)20(17,18)16-12-7-9-2-3-10(12)6-9/h4-5,8-10,12,16H,2-3,6-7H2,1H3/t9-,10-,12-/m0/s1. The first-order valence-corrected chi connectivity index (χ1v) is 9.13. The van der Waals surface area contributed by atoms with Crippen molar-refractivity contribution in [1.29, 1.82) is 0 Å². The average Bonchev–Trinajstić information content (AvgIpc) is 3.00. The minimum atomic E-state index is -3.54. The SMILES string of the molecule is COc1ccc(Br)cc1S(=O)(=O)N[C@H]1C[C@H]2CC[C@H]1C2. The van der Waals surface area contributed by atoms with Gasteiger partial charge in [0.1, 0.15) is 10.6 Å². The Balaban J connectivity index is 1.86. The highest BCUT2D eigenvalue weighted by Gasteiger charge is 2.41. The van der Waals surface area contributed by atoms with Crippen molar-refractivity contribution in [2.45, 2.75) is 36.6 Å². The van der Waals surface area contributed by atoms with Gasteiger partial charge in [-0.15, -0.1) is 0 Å². The second-order valence-corrected chi connectivity index (χ2v) is 8.30. The van der Waals surface area contributed by atoms with E-state index in [-0.39, 0.29) is 10.9 Å². The van der Waals surface area contributed by atoms with Crippen molar-refractivity contribution in [3.05, 3.63) is 22.7 Å². The summed E-state index contributed by atoms with van der Waals surface area (Å²) in [6.45, 7) is 0. The Morgan fingerprint density at radius 3 is 2.70 bits per heavy atom. The quantitative estimate of drug-likeness (QED) is 0.898. The van der Waals surface area contributed by atoms with Gasteiger partial charge in [0.05, 0.1) is 7.11 Å². The lowest BCUT2D eigenvalue weighted by Crippen LogP contribution is -2.38. The second kappa shape index (κ2) is 5.31. The highest BCUT2D eigenvalue weighted by atomic mass is 79.9. The number of benzene rings is 1. The number of hydrogen-bond donors (Lipinski definition) is 1. The van der Waals surface area contributed by atoms with Gasteiger partial charge in [0, 0.05) is 10.5 Å². The molecular formula is C14H18BrNO3S. The van der Waals surface area contributed by atoms with Crippen molar-refractivity contribution in [1.82, 2.24) is 4.72 Å². The van der Waals surface area contributed by atoms with E-state index in [1.165, 1.54) is 20.0 Å². The van der Waals surface area contributed by atoms with E-state index < -0.39 is 10.0 Å². The molecule has 3 rings (SSSR count). The Labute approximate surface area is 128 Å². The number of halogens is 1. The van der Waals surface area contributed by atoms with E-state index in [9.17, 15) is 8.42 Å². The summed E-state index contributed by atoms with van der Waals surface area (Å²) in [5, 5.41) is 0. The highest BCUT2D eigenvalue weighted by molar-refractivity contribution is 9.10. The van der Waals surface area contributed by atoms with Gasteiger partial charge in [0.25, 0.3) is 0 Å². The third-order valence-electron chi connectivity index (χ3n) is 4.46. The summed E-state index contributed by atoms with van der Waals surface area (Å²) in [6.07, 6.45) is 4.54. The van der Waals surface area contributed by atoms with Crippen molar-refractivity contribution in [3.8, 4) is 5.75 Å². The monoisotopic (exact) mass is 359 g/mol. The first-order valence-electron chi connectivity index (χ1n) is 6.85. The number of sulfonamides is 1. The summed E-state index contributed by atoms with van der Waals surface area (Å²) in [4.78, 5) is 0.206. The Hall–Kier alpha value is -0.590. The van der Waals surface area contributed by atoms with Crippen LogP contribution in [0.5, 0.6) is 5.75 Å². The van der Waals surface area contributed by atoms with Gasteiger partial charge in [-0.3, -0.25) is 0 Å². The van der Waals surface area contributed by atoms with Crippen molar-refractivity contribution in [3.63, 3.8) is 0 Å². The fourth-order valence-electron chi connectivity index (χ4n) is 3.51. The zero-order valence-corrected chi connectivity index (χ0v) is 13.7. The Bertz CT molecular complexity index is 617. The molecule has 0 aromatic heterocycles. The smallest absolute Gasteiger partial charge is 0.244 e. The highest BCUT2D eigenvalue weighted by Crippen LogP contribution is 2.45. The third kappa shape index (κ3) is 2.61. The summed E-state index contributed by atoms with van der Waals surface area (Å²) in [6, 6.07) is 5.12. The molecule has 110 valence electrons. The second-order valence-electron chi connectivity index (χ2n) is 5.70. The van der Waals surface area contributed by atoms with E-state index in [0.717, 1.165) is 17.3 Å². The van der Waals surface area contributed by atoms with E-state index in [1.54, 1.807) is 18.2 Å². The molecule has 0 saturated heterocycles. The van der Waals surface area contributed by atoms with Gasteiger partial charge in [0.2, 0.25) is 10.0 Å². The first kappa shape index (κ1) is 14.4. The lowest BCUT2D eigenvalue weighted by Gasteiger charge is -2.23. The van der Waals surface area contributed by atoms with Gasteiger partial charge in [-0.25, -0.2) is 13.1 Å². The minimum Gasteiger partial charge on any atom is -0.495 e. The Morgan fingerprint density at radius 1 is 1.30 bits per heavy atom. The molecule has 0 heterocycles. The van der Waals surface area contributed by atoms with Gasteiger partial charge in [-0.1, -0.05) is 22.4 Å². The fraction of sp³-hybridized carbons (Fsp3) is 0.571. The first-order chi connectivity index (χ1) is 9.49. The van der Waals surface area contributed by atoms with Crippen LogP contribution in [-0.4, -0.2) is 21.6 Å². The molecule has 2 fully saturated rings. The number of ether oxygens (including phenoxy) is 1. The van der Waals surface area contributed by atoms with Crippen LogP contribution in [0.1, 0.15) is 25.7 Å². The van der Waals surface area contributed by atoms with Gasteiger partial charge in [0.15, 0.2) is 0 Å². The van der Waals surface area contributed by atoms with E-state index in [0.29, 0.717) is 17.6 Å². The van der Waals surface area contributed by atoms with E-state index in [4.69, 9.17) is 4.74 Å². The maximum Gasteiger partial charge on any atom is 0.244 e. The van der Waals surface area contributed by atoms with E-state index >= 15 is 0 Å². The summed E-state index contributed by atoms with van der Waals surface area (Å²) >= 11 is 3.32. The van der Waals surface area contributed by atoms with Crippen molar-refractivity contribution >= 4 is 26.0 Å². The predicted molar refractivity (Wildman–Crippen MR) is 80.3 cm³/mol. The maximum atomic E-state index is 12.6. The Morgan fingerprint density at radius 2 is 2.10 bits per heavy atom. The van der Waals surface area contributed by atoms with Crippen molar-refractivity contribution in [2.75, 3.05) is 7.11 Å². The average molecular weight is 360 g/mol. The molecule has 6 heteroatoms. The molecule has 0 radical (unpaired) electrons. The van der Waals surface area contributed by atoms with Crippen LogP contribution in [0.25, 0.3) is 0 Å². The molecule has 0 spiro atoms. The lowest BCUT2D eigenvalue weighted by atomic mass is 9.96. The summed E-state index contributed by atoms with van der Waals surface area (Å²) < 4.78 is 33.9. The van der Waals surface area contributed by atoms with Gasteiger partial charge in [-0.2, -0.15) is 0 Å². The van der Waals surface area contributed by atoms with E-state index in [2.05, 4.69) is 20.7 Å². The Kier molecular flexibility index (Phi) is 3.81. The lowest BCUT2D eigenvalue weighted by molar-refractivity contribution is 0.385. The molecule has 0 aliphatic heterocycles. The molecule has 1 N–H and O–H groups in total. The molecule has 1 aromatic carbocycles. The zero-order chi connectivity index (χ0) is 14.3. The van der Waals surface area contributed by atoms with Crippen LogP contribution in [-0.2, 0) is 10.0 Å².